The molecule has 0 saturated heterocycles. The minimum Gasteiger partial charge on any atom is -0.313 e. The van der Waals surface area contributed by atoms with Crippen molar-refractivity contribution in [3.63, 3.8) is 0 Å². The lowest BCUT2D eigenvalue weighted by Crippen LogP contribution is -2.24. The van der Waals surface area contributed by atoms with Crippen molar-refractivity contribution < 1.29 is 0 Å². The Morgan fingerprint density at radius 3 is 2.60 bits per heavy atom. The smallest absolute Gasteiger partial charge is 0.0406 e. The molecule has 1 aliphatic rings. The van der Waals surface area contributed by atoms with Crippen molar-refractivity contribution in [2.24, 2.45) is 0 Å². The molecular formula is C16H17BrClNS. The van der Waals surface area contributed by atoms with Gasteiger partial charge in [0.2, 0.25) is 0 Å². The number of nitrogens with one attached hydrogen (secondary N) is 1. The van der Waals surface area contributed by atoms with E-state index in [4.69, 9.17) is 11.6 Å². The molecule has 0 aliphatic heterocycles. The molecule has 0 amide bonds. The Balaban J connectivity index is 1.75. The second-order valence-electron chi connectivity index (χ2n) is 5.33. The average Bonchev–Trinajstić information content (AvgIpc) is 3.19. The molecule has 1 heterocycles. The number of thiophene rings is 1. The van der Waals surface area contributed by atoms with Crippen LogP contribution in [0.4, 0.5) is 0 Å². The third kappa shape index (κ3) is 3.85. The molecule has 1 nitrogen and oxygen atoms in total. The first-order chi connectivity index (χ1) is 9.72. The molecule has 1 aliphatic carbocycles. The molecule has 1 fully saturated rings. The van der Waals surface area contributed by atoms with Crippen molar-refractivity contribution in [2.45, 2.75) is 31.2 Å². The Morgan fingerprint density at radius 1 is 1.25 bits per heavy atom. The van der Waals surface area contributed by atoms with Gasteiger partial charge < -0.3 is 5.32 Å². The Hall–Kier alpha value is -0.350. The summed E-state index contributed by atoms with van der Waals surface area (Å²) in [5, 5.41) is 6.61. The van der Waals surface area contributed by atoms with Gasteiger partial charge in [-0.25, -0.2) is 0 Å². The van der Waals surface area contributed by atoms with E-state index in [1.165, 1.54) is 27.8 Å². The van der Waals surface area contributed by atoms with Crippen LogP contribution in [0.15, 0.2) is 40.2 Å². The van der Waals surface area contributed by atoms with E-state index in [1.807, 2.05) is 23.5 Å². The highest BCUT2D eigenvalue weighted by Crippen LogP contribution is 2.30. The van der Waals surface area contributed by atoms with Crippen molar-refractivity contribution >= 4 is 38.9 Å². The lowest BCUT2D eigenvalue weighted by Gasteiger charge is -2.18. The van der Waals surface area contributed by atoms with Gasteiger partial charge in [-0.3, -0.25) is 0 Å². The van der Waals surface area contributed by atoms with Gasteiger partial charge in [0.25, 0.3) is 0 Å². The highest BCUT2D eigenvalue weighted by Gasteiger charge is 2.23. The van der Waals surface area contributed by atoms with Crippen LogP contribution >= 0.6 is 38.9 Å². The molecule has 1 aromatic carbocycles. The van der Waals surface area contributed by atoms with Crippen molar-refractivity contribution in [1.29, 1.82) is 0 Å². The van der Waals surface area contributed by atoms with Crippen molar-refractivity contribution in [3.8, 4) is 0 Å². The highest BCUT2D eigenvalue weighted by molar-refractivity contribution is 9.10. The van der Waals surface area contributed by atoms with Gasteiger partial charge in [-0.15, -0.1) is 11.3 Å². The Morgan fingerprint density at radius 2 is 2.00 bits per heavy atom. The van der Waals surface area contributed by atoms with E-state index in [0.717, 1.165) is 24.0 Å². The summed E-state index contributed by atoms with van der Waals surface area (Å²) >= 11 is 11.5. The van der Waals surface area contributed by atoms with Gasteiger partial charge in [0.15, 0.2) is 0 Å². The van der Waals surface area contributed by atoms with Crippen LogP contribution < -0.4 is 5.32 Å². The maximum Gasteiger partial charge on any atom is 0.0406 e. The average molecular weight is 371 g/mol. The highest BCUT2D eigenvalue weighted by atomic mass is 79.9. The monoisotopic (exact) mass is 369 g/mol. The summed E-state index contributed by atoms with van der Waals surface area (Å²) in [5.41, 5.74) is 1.36. The van der Waals surface area contributed by atoms with E-state index in [1.54, 1.807) is 0 Å². The first-order valence-electron chi connectivity index (χ1n) is 6.93. The second-order valence-corrected chi connectivity index (χ2v) is 7.62. The standard InChI is InChI=1S/C16H17BrClNS/c17-15-7-8-20-16(15)9-12(10-19-14-5-6-14)11-1-3-13(18)4-2-11/h1-4,7-8,12,14,19H,5-6,9-10H2. The molecule has 1 atom stereocenters. The third-order valence-electron chi connectivity index (χ3n) is 3.69. The molecule has 0 bridgehead atoms. The number of rotatable bonds is 6. The fourth-order valence-electron chi connectivity index (χ4n) is 2.33. The molecule has 1 saturated carbocycles. The topological polar surface area (TPSA) is 12.0 Å². The molecule has 4 heteroatoms. The molecule has 2 aromatic rings. The zero-order valence-electron chi connectivity index (χ0n) is 11.1. The van der Waals surface area contributed by atoms with E-state index in [9.17, 15) is 0 Å². The van der Waals surface area contributed by atoms with Crippen LogP contribution in [0, 0.1) is 0 Å². The van der Waals surface area contributed by atoms with Crippen LogP contribution in [-0.2, 0) is 6.42 Å². The summed E-state index contributed by atoms with van der Waals surface area (Å²) in [4.78, 5) is 1.42. The molecule has 20 heavy (non-hydrogen) atoms. The Bertz CT molecular complexity index is 562. The summed E-state index contributed by atoms with van der Waals surface area (Å²) in [6.07, 6.45) is 3.73. The van der Waals surface area contributed by atoms with Crippen LogP contribution in [0.25, 0.3) is 0 Å². The first kappa shape index (κ1) is 14.6. The van der Waals surface area contributed by atoms with E-state index in [0.29, 0.717) is 5.92 Å². The molecule has 1 unspecified atom stereocenters. The number of halogens is 2. The molecule has 0 spiro atoms. The number of hydrogen-bond acceptors (Lipinski definition) is 2. The summed E-state index contributed by atoms with van der Waals surface area (Å²) in [7, 11) is 0. The summed E-state index contributed by atoms with van der Waals surface area (Å²) in [5.74, 6) is 0.503. The van der Waals surface area contributed by atoms with Crippen LogP contribution in [0.3, 0.4) is 0 Å². The quantitative estimate of drug-likeness (QED) is 0.733. The van der Waals surface area contributed by atoms with Crippen LogP contribution in [0.1, 0.15) is 29.2 Å². The van der Waals surface area contributed by atoms with Crippen LogP contribution in [-0.4, -0.2) is 12.6 Å². The molecular weight excluding hydrogens is 354 g/mol. The first-order valence-corrected chi connectivity index (χ1v) is 8.98. The normalized spacial score (nSPS) is 16.3. The van der Waals surface area contributed by atoms with Gasteiger partial charge in [-0.2, -0.15) is 0 Å². The lowest BCUT2D eigenvalue weighted by atomic mass is 9.95. The molecule has 1 N–H and O–H groups in total. The minimum absolute atomic E-state index is 0.503. The molecule has 106 valence electrons. The third-order valence-corrected chi connectivity index (χ3v) is 5.90. The van der Waals surface area contributed by atoms with E-state index in [2.05, 4.69) is 44.8 Å². The maximum absolute atomic E-state index is 6.00. The molecule has 3 rings (SSSR count). The zero-order chi connectivity index (χ0) is 13.9. The maximum atomic E-state index is 6.00. The minimum atomic E-state index is 0.503. The van der Waals surface area contributed by atoms with E-state index >= 15 is 0 Å². The van der Waals surface area contributed by atoms with Gasteiger partial charge >= 0.3 is 0 Å². The van der Waals surface area contributed by atoms with Crippen molar-refractivity contribution in [2.75, 3.05) is 6.54 Å². The predicted octanol–water partition coefficient (Wildman–Crippen LogP) is 5.24. The van der Waals surface area contributed by atoms with Crippen molar-refractivity contribution in [1.82, 2.24) is 5.32 Å². The fraction of sp³-hybridized carbons (Fsp3) is 0.375. The largest absolute Gasteiger partial charge is 0.313 e. The number of hydrogen-bond donors (Lipinski definition) is 1. The summed E-state index contributed by atoms with van der Waals surface area (Å²) < 4.78 is 1.23. The number of benzene rings is 1. The SMILES string of the molecule is Clc1ccc(C(CNC2CC2)Cc2sccc2Br)cc1. The van der Waals surface area contributed by atoms with Gasteiger partial charge in [0.05, 0.1) is 0 Å². The van der Waals surface area contributed by atoms with Gasteiger partial charge in [-0.1, -0.05) is 23.7 Å². The Kier molecular flexibility index (Phi) is 4.82. The fourth-order valence-corrected chi connectivity index (χ4v) is 4.06. The van der Waals surface area contributed by atoms with Gasteiger partial charge in [0, 0.05) is 32.9 Å². The second kappa shape index (κ2) is 6.61. The predicted molar refractivity (Wildman–Crippen MR) is 90.9 cm³/mol. The van der Waals surface area contributed by atoms with Crippen LogP contribution in [0.5, 0.6) is 0 Å². The van der Waals surface area contributed by atoms with Gasteiger partial charge in [-0.05, 0) is 64.3 Å². The van der Waals surface area contributed by atoms with E-state index in [-0.39, 0.29) is 0 Å². The van der Waals surface area contributed by atoms with Crippen molar-refractivity contribution in [3.05, 3.63) is 55.6 Å². The zero-order valence-corrected chi connectivity index (χ0v) is 14.3. The Labute approximate surface area is 137 Å². The lowest BCUT2D eigenvalue weighted by molar-refractivity contribution is 0.579. The molecule has 1 aromatic heterocycles. The summed E-state index contributed by atoms with van der Waals surface area (Å²) in [6.45, 7) is 1.04. The molecule has 0 radical (unpaired) electrons. The van der Waals surface area contributed by atoms with Crippen LogP contribution in [0.2, 0.25) is 5.02 Å². The van der Waals surface area contributed by atoms with E-state index < -0.39 is 0 Å². The summed E-state index contributed by atoms with van der Waals surface area (Å²) in [6, 6.07) is 11.2. The van der Waals surface area contributed by atoms with Gasteiger partial charge in [0.1, 0.15) is 0 Å².